The summed E-state index contributed by atoms with van der Waals surface area (Å²) in [5, 5.41) is 8.97. The summed E-state index contributed by atoms with van der Waals surface area (Å²) in [5.74, 6) is -3.61. The number of hydrogen-bond acceptors (Lipinski definition) is 4. The van der Waals surface area contributed by atoms with Crippen LogP contribution in [0.5, 0.6) is 0 Å². The van der Waals surface area contributed by atoms with Crippen molar-refractivity contribution in [3.8, 4) is 0 Å². The topological polar surface area (TPSA) is 92.7 Å². The lowest BCUT2D eigenvalue weighted by atomic mass is 10.2. The minimum atomic E-state index is -4.40. The van der Waals surface area contributed by atoms with Crippen molar-refractivity contribution < 1.29 is 31.8 Å². The molecule has 0 aromatic heterocycles. The van der Waals surface area contributed by atoms with Gasteiger partial charge < -0.3 is 9.84 Å². The minimum Gasteiger partial charge on any atom is -0.480 e. The average Bonchev–Trinajstić information content (AvgIpc) is 2.36. The molecule has 1 atom stereocenters. The Morgan fingerprint density at radius 3 is 2.62 bits per heavy atom. The molecule has 118 valence electrons. The van der Waals surface area contributed by atoms with Gasteiger partial charge >= 0.3 is 5.97 Å². The zero-order valence-electron chi connectivity index (χ0n) is 11.2. The summed E-state index contributed by atoms with van der Waals surface area (Å²) in [7, 11) is -2.98. The van der Waals surface area contributed by atoms with Crippen LogP contribution in [0.4, 0.5) is 8.78 Å². The highest BCUT2D eigenvalue weighted by molar-refractivity contribution is 7.89. The Balaban J connectivity index is 2.92. The van der Waals surface area contributed by atoms with Crippen molar-refractivity contribution in [1.82, 2.24) is 4.72 Å². The average molecular weight is 323 g/mol. The fourth-order valence-electron chi connectivity index (χ4n) is 1.61. The predicted octanol–water partition coefficient (Wildman–Crippen LogP) is 1.12. The number of sulfonamides is 1. The fraction of sp³-hybridized carbons (Fsp3) is 0.417. The molecule has 1 aromatic carbocycles. The van der Waals surface area contributed by atoms with Crippen molar-refractivity contribution >= 4 is 16.0 Å². The quantitative estimate of drug-likeness (QED) is 0.700. The first-order valence-electron chi connectivity index (χ1n) is 5.97. The van der Waals surface area contributed by atoms with Crippen LogP contribution in [0, 0.1) is 11.6 Å². The Hall–Kier alpha value is -1.58. The van der Waals surface area contributed by atoms with Gasteiger partial charge in [-0.3, -0.25) is 4.79 Å². The van der Waals surface area contributed by atoms with Crippen LogP contribution in [0.2, 0.25) is 0 Å². The number of aliphatic carboxylic acids is 1. The van der Waals surface area contributed by atoms with Crippen molar-refractivity contribution in [2.75, 3.05) is 13.7 Å². The van der Waals surface area contributed by atoms with E-state index in [0.29, 0.717) is 12.5 Å². The molecule has 0 heterocycles. The molecule has 0 spiro atoms. The lowest BCUT2D eigenvalue weighted by Crippen LogP contribution is -2.41. The predicted molar refractivity (Wildman–Crippen MR) is 69.2 cm³/mol. The van der Waals surface area contributed by atoms with Crippen LogP contribution in [0.15, 0.2) is 23.1 Å². The van der Waals surface area contributed by atoms with Gasteiger partial charge in [0.1, 0.15) is 22.6 Å². The van der Waals surface area contributed by atoms with Gasteiger partial charge in [-0.1, -0.05) is 0 Å². The monoisotopic (exact) mass is 323 g/mol. The molecule has 0 aliphatic carbocycles. The van der Waals surface area contributed by atoms with Gasteiger partial charge in [-0.15, -0.1) is 0 Å². The van der Waals surface area contributed by atoms with Gasteiger partial charge in [-0.2, -0.15) is 4.72 Å². The van der Waals surface area contributed by atoms with Crippen LogP contribution >= 0.6 is 0 Å². The molecule has 0 aliphatic rings. The summed E-state index contributed by atoms with van der Waals surface area (Å²) in [6.45, 7) is 0.260. The molecule has 2 N–H and O–H groups in total. The van der Waals surface area contributed by atoms with Gasteiger partial charge in [-0.05, 0) is 25.0 Å². The zero-order chi connectivity index (χ0) is 16.0. The molecule has 6 nitrogen and oxygen atoms in total. The van der Waals surface area contributed by atoms with E-state index in [0.717, 1.165) is 12.1 Å². The minimum absolute atomic E-state index is 0.0226. The number of benzene rings is 1. The van der Waals surface area contributed by atoms with E-state index in [-0.39, 0.29) is 13.0 Å². The molecule has 0 aliphatic heterocycles. The first-order chi connectivity index (χ1) is 9.77. The maximum Gasteiger partial charge on any atom is 0.321 e. The highest BCUT2D eigenvalue weighted by Gasteiger charge is 2.27. The van der Waals surface area contributed by atoms with Crippen molar-refractivity contribution in [3.63, 3.8) is 0 Å². The van der Waals surface area contributed by atoms with Crippen molar-refractivity contribution in [2.45, 2.75) is 23.8 Å². The third kappa shape index (κ3) is 5.03. The van der Waals surface area contributed by atoms with E-state index in [1.807, 2.05) is 4.72 Å². The van der Waals surface area contributed by atoms with Gasteiger partial charge in [-0.25, -0.2) is 17.2 Å². The molecule has 1 aromatic rings. The van der Waals surface area contributed by atoms with E-state index in [4.69, 9.17) is 9.84 Å². The summed E-state index contributed by atoms with van der Waals surface area (Å²) in [6, 6.07) is 0.504. The molecule has 1 unspecified atom stereocenters. The molecular weight excluding hydrogens is 308 g/mol. The lowest BCUT2D eigenvalue weighted by molar-refractivity contribution is -0.139. The largest absolute Gasteiger partial charge is 0.480 e. The third-order valence-corrected chi connectivity index (χ3v) is 4.13. The Kier molecular flexibility index (Phi) is 6.19. The number of hydrogen-bond donors (Lipinski definition) is 2. The van der Waals surface area contributed by atoms with Gasteiger partial charge in [0.2, 0.25) is 10.0 Å². The SMILES string of the molecule is COCCCC(NS(=O)(=O)c1ccc(F)cc1F)C(=O)O. The molecule has 1 rings (SSSR count). The molecule has 0 bridgehead atoms. The fourth-order valence-corrected chi connectivity index (χ4v) is 2.89. The van der Waals surface area contributed by atoms with E-state index in [9.17, 15) is 22.0 Å². The van der Waals surface area contributed by atoms with Gasteiger partial charge in [0.05, 0.1) is 0 Å². The van der Waals surface area contributed by atoms with E-state index in [1.54, 1.807) is 0 Å². The zero-order valence-corrected chi connectivity index (χ0v) is 12.0. The van der Waals surface area contributed by atoms with Crippen molar-refractivity contribution in [1.29, 1.82) is 0 Å². The van der Waals surface area contributed by atoms with Gasteiger partial charge in [0, 0.05) is 19.8 Å². The van der Waals surface area contributed by atoms with Crippen LogP contribution in [0.1, 0.15) is 12.8 Å². The van der Waals surface area contributed by atoms with Crippen molar-refractivity contribution in [2.24, 2.45) is 0 Å². The van der Waals surface area contributed by atoms with Crippen LogP contribution in [0.25, 0.3) is 0 Å². The Morgan fingerprint density at radius 2 is 2.10 bits per heavy atom. The summed E-state index contributed by atoms with van der Waals surface area (Å²) >= 11 is 0. The summed E-state index contributed by atoms with van der Waals surface area (Å²) in [4.78, 5) is 10.2. The van der Waals surface area contributed by atoms with Gasteiger partial charge in [0.25, 0.3) is 0 Å². The molecule has 0 saturated carbocycles. The number of carbonyl (C=O) groups is 1. The smallest absolute Gasteiger partial charge is 0.321 e. The second kappa shape index (κ2) is 7.43. The number of nitrogens with one attached hydrogen (secondary N) is 1. The normalized spacial score (nSPS) is 13.1. The van der Waals surface area contributed by atoms with E-state index in [1.165, 1.54) is 7.11 Å². The number of methoxy groups -OCH3 is 1. The maximum absolute atomic E-state index is 13.5. The highest BCUT2D eigenvalue weighted by Crippen LogP contribution is 2.16. The number of carboxylic acid groups (broad SMARTS) is 1. The highest BCUT2D eigenvalue weighted by atomic mass is 32.2. The standard InChI is InChI=1S/C12H15F2NO5S/c1-20-6-2-3-10(12(16)17)15-21(18,19)11-5-4-8(13)7-9(11)14/h4-5,7,10,15H,2-3,6H2,1H3,(H,16,17). The van der Waals surface area contributed by atoms with E-state index in [2.05, 4.69) is 0 Å². The molecule has 21 heavy (non-hydrogen) atoms. The molecule has 0 saturated heterocycles. The lowest BCUT2D eigenvalue weighted by Gasteiger charge is -2.15. The van der Waals surface area contributed by atoms with Crippen LogP contribution in [-0.2, 0) is 19.6 Å². The summed E-state index contributed by atoms with van der Waals surface area (Å²) in [6.07, 6.45) is 0.285. The second-order valence-electron chi connectivity index (χ2n) is 4.22. The number of carboxylic acids is 1. The molecule has 0 amide bonds. The first kappa shape index (κ1) is 17.5. The number of ether oxygens (including phenoxy) is 1. The van der Waals surface area contributed by atoms with E-state index < -0.39 is 38.6 Å². The number of rotatable bonds is 8. The van der Waals surface area contributed by atoms with Crippen LogP contribution < -0.4 is 4.72 Å². The molecular formula is C12H15F2NO5S. The maximum atomic E-state index is 13.5. The first-order valence-corrected chi connectivity index (χ1v) is 7.45. The Labute approximate surface area is 120 Å². The molecule has 0 radical (unpaired) electrons. The Morgan fingerprint density at radius 1 is 1.43 bits per heavy atom. The second-order valence-corrected chi connectivity index (χ2v) is 5.90. The van der Waals surface area contributed by atoms with Crippen LogP contribution in [-0.4, -0.2) is 39.3 Å². The Bertz CT molecular complexity index is 606. The van der Waals surface area contributed by atoms with Gasteiger partial charge in [0.15, 0.2) is 0 Å². The summed E-state index contributed by atoms with van der Waals surface area (Å²) < 4.78 is 56.8. The molecule has 9 heteroatoms. The summed E-state index contributed by atoms with van der Waals surface area (Å²) in [5.41, 5.74) is 0. The van der Waals surface area contributed by atoms with E-state index >= 15 is 0 Å². The third-order valence-electron chi connectivity index (χ3n) is 2.62. The molecule has 0 fully saturated rings. The van der Waals surface area contributed by atoms with Crippen LogP contribution in [0.3, 0.4) is 0 Å². The van der Waals surface area contributed by atoms with Crippen molar-refractivity contribution in [3.05, 3.63) is 29.8 Å². The number of halogens is 2.